The highest BCUT2D eigenvalue weighted by atomic mass is 16.3. The van der Waals surface area contributed by atoms with Crippen LogP contribution in [0.3, 0.4) is 0 Å². The van der Waals surface area contributed by atoms with Gasteiger partial charge in [-0.3, -0.25) is 4.79 Å². The minimum absolute atomic E-state index is 0.00702. The molecule has 22 heavy (non-hydrogen) atoms. The van der Waals surface area contributed by atoms with E-state index in [1.807, 2.05) is 0 Å². The molecule has 128 valence electrons. The topological polar surface area (TPSA) is 55.8 Å². The maximum absolute atomic E-state index is 12.0. The van der Waals surface area contributed by atoms with E-state index in [1.165, 1.54) is 19.3 Å². The normalized spacial score (nSPS) is 23.6. The molecule has 1 aliphatic carbocycles. The Morgan fingerprint density at radius 2 is 1.86 bits per heavy atom. The second kappa shape index (κ2) is 8.27. The highest BCUT2D eigenvalue weighted by Crippen LogP contribution is 2.30. The van der Waals surface area contributed by atoms with Gasteiger partial charge < -0.3 is 20.2 Å². The van der Waals surface area contributed by atoms with Crippen LogP contribution in [-0.2, 0) is 4.79 Å². The summed E-state index contributed by atoms with van der Waals surface area (Å²) in [6.45, 7) is 3.84. The fourth-order valence-corrected chi connectivity index (χ4v) is 3.76. The Labute approximate surface area is 135 Å². The fraction of sp³-hybridized carbons (Fsp3) is 0.941. The van der Waals surface area contributed by atoms with Crippen LogP contribution < -0.4 is 5.32 Å². The summed E-state index contributed by atoms with van der Waals surface area (Å²) in [6, 6.07) is 0.700. The first kappa shape index (κ1) is 17.7. The third-order valence-electron chi connectivity index (χ3n) is 5.31. The Hall–Kier alpha value is -0.650. The summed E-state index contributed by atoms with van der Waals surface area (Å²) < 4.78 is 0. The number of amides is 1. The van der Waals surface area contributed by atoms with Gasteiger partial charge in [-0.05, 0) is 52.9 Å². The van der Waals surface area contributed by atoms with Crippen molar-refractivity contribution in [3.63, 3.8) is 0 Å². The Morgan fingerprint density at radius 1 is 1.23 bits per heavy atom. The van der Waals surface area contributed by atoms with Gasteiger partial charge in [0.2, 0.25) is 5.91 Å². The molecule has 2 rings (SSSR count). The molecule has 5 nitrogen and oxygen atoms in total. The number of aliphatic hydroxyl groups is 1. The molecule has 5 heteroatoms. The van der Waals surface area contributed by atoms with Crippen molar-refractivity contribution < 1.29 is 9.90 Å². The summed E-state index contributed by atoms with van der Waals surface area (Å²) in [5.41, 5.74) is -0.744. The first-order valence-corrected chi connectivity index (χ1v) is 8.86. The van der Waals surface area contributed by atoms with E-state index >= 15 is 0 Å². The van der Waals surface area contributed by atoms with E-state index in [2.05, 4.69) is 29.2 Å². The van der Waals surface area contributed by atoms with Crippen LogP contribution in [0.4, 0.5) is 0 Å². The predicted octanol–water partition coefficient (Wildman–Crippen LogP) is 1.21. The molecule has 1 saturated heterocycles. The molecule has 2 fully saturated rings. The number of hydrogen-bond acceptors (Lipinski definition) is 4. The van der Waals surface area contributed by atoms with Crippen LogP contribution in [0.1, 0.15) is 51.4 Å². The highest BCUT2D eigenvalue weighted by molar-refractivity contribution is 5.77. The molecular formula is C17H33N3O2. The summed E-state index contributed by atoms with van der Waals surface area (Å²) >= 11 is 0. The lowest BCUT2D eigenvalue weighted by Crippen LogP contribution is -2.45. The van der Waals surface area contributed by atoms with E-state index in [1.54, 1.807) is 0 Å². The van der Waals surface area contributed by atoms with Gasteiger partial charge in [0.25, 0.3) is 0 Å². The van der Waals surface area contributed by atoms with Crippen molar-refractivity contribution in [1.82, 2.24) is 15.1 Å². The quantitative estimate of drug-likeness (QED) is 0.774. The number of nitrogens with one attached hydrogen (secondary N) is 1. The number of hydrogen-bond donors (Lipinski definition) is 2. The number of nitrogens with zero attached hydrogens (tertiary/aromatic N) is 2. The van der Waals surface area contributed by atoms with Crippen molar-refractivity contribution in [2.75, 3.05) is 40.3 Å². The molecule has 2 N–H and O–H groups in total. The third kappa shape index (κ3) is 5.52. The summed E-state index contributed by atoms with van der Waals surface area (Å²) in [5.74, 6) is 0.00702. The van der Waals surface area contributed by atoms with E-state index in [9.17, 15) is 9.90 Å². The highest BCUT2D eigenvalue weighted by Gasteiger charge is 2.31. The molecule has 1 saturated carbocycles. The van der Waals surface area contributed by atoms with E-state index < -0.39 is 5.60 Å². The number of carbonyl (C=O) groups is 1. The molecular weight excluding hydrogens is 278 g/mol. The monoisotopic (exact) mass is 311 g/mol. The predicted molar refractivity (Wildman–Crippen MR) is 88.8 cm³/mol. The average Bonchev–Trinajstić information content (AvgIpc) is 2.48. The van der Waals surface area contributed by atoms with E-state index in [0.717, 1.165) is 45.3 Å². The minimum atomic E-state index is -0.744. The lowest BCUT2D eigenvalue weighted by Gasteiger charge is -2.35. The van der Waals surface area contributed by atoms with Crippen molar-refractivity contribution >= 4 is 5.91 Å². The van der Waals surface area contributed by atoms with Gasteiger partial charge in [-0.1, -0.05) is 19.3 Å². The summed E-state index contributed by atoms with van der Waals surface area (Å²) in [6.07, 6.45) is 7.52. The number of piperidine rings is 1. The second-order valence-electron chi connectivity index (χ2n) is 7.35. The molecule has 0 radical (unpaired) electrons. The first-order chi connectivity index (χ1) is 10.5. The molecule has 2 aliphatic rings. The largest absolute Gasteiger partial charge is 0.389 e. The molecule has 0 unspecified atom stereocenters. The first-order valence-electron chi connectivity index (χ1n) is 8.86. The van der Waals surface area contributed by atoms with Gasteiger partial charge in [0.05, 0.1) is 12.0 Å². The Balaban J connectivity index is 1.59. The van der Waals surface area contributed by atoms with Crippen LogP contribution in [0.15, 0.2) is 0 Å². The van der Waals surface area contributed by atoms with Crippen molar-refractivity contribution in [3.8, 4) is 0 Å². The third-order valence-corrected chi connectivity index (χ3v) is 5.31. The van der Waals surface area contributed by atoms with Crippen LogP contribution in [0, 0.1) is 0 Å². The van der Waals surface area contributed by atoms with Crippen LogP contribution in [-0.4, -0.2) is 72.7 Å². The van der Waals surface area contributed by atoms with Gasteiger partial charge in [-0.15, -0.1) is 0 Å². The fourth-order valence-electron chi connectivity index (χ4n) is 3.76. The standard InChI is InChI=1S/C17H33N3O2/c1-19(2)15-6-11-20(12-7-15)13-10-18-16(21)14-17(22)8-4-3-5-9-17/h15,22H,3-14H2,1-2H3,(H,18,21). The zero-order valence-corrected chi connectivity index (χ0v) is 14.3. The Bertz CT molecular complexity index is 346. The van der Waals surface area contributed by atoms with Gasteiger partial charge in [0.15, 0.2) is 0 Å². The maximum atomic E-state index is 12.0. The molecule has 0 atom stereocenters. The van der Waals surface area contributed by atoms with E-state index in [4.69, 9.17) is 0 Å². The lowest BCUT2D eigenvalue weighted by molar-refractivity contribution is -0.127. The van der Waals surface area contributed by atoms with Crippen LogP contribution >= 0.6 is 0 Å². The van der Waals surface area contributed by atoms with Gasteiger partial charge in [0.1, 0.15) is 0 Å². The molecule has 1 heterocycles. The maximum Gasteiger partial charge on any atom is 0.222 e. The van der Waals surface area contributed by atoms with Gasteiger partial charge in [0, 0.05) is 19.1 Å². The van der Waals surface area contributed by atoms with Crippen LogP contribution in [0.25, 0.3) is 0 Å². The molecule has 1 aliphatic heterocycles. The van der Waals surface area contributed by atoms with Crippen molar-refractivity contribution in [2.45, 2.75) is 63.0 Å². The molecule has 0 bridgehead atoms. The average molecular weight is 311 g/mol. The number of likely N-dealkylation sites (tertiary alicyclic amines) is 1. The Kier molecular flexibility index (Phi) is 6.66. The van der Waals surface area contributed by atoms with Crippen LogP contribution in [0.2, 0.25) is 0 Å². The van der Waals surface area contributed by atoms with Gasteiger partial charge in [-0.2, -0.15) is 0 Å². The Morgan fingerprint density at radius 3 is 2.45 bits per heavy atom. The van der Waals surface area contributed by atoms with Gasteiger partial charge >= 0.3 is 0 Å². The van der Waals surface area contributed by atoms with Gasteiger partial charge in [-0.25, -0.2) is 0 Å². The summed E-state index contributed by atoms with van der Waals surface area (Å²) in [7, 11) is 4.30. The summed E-state index contributed by atoms with van der Waals surface area (Å²) in [4.78, 5) is 16.7. The zero-order valence-electron chi connectivity index (χ0n) is 14.3. The lowest BCUT2D eigenvalue weighted by atomic mass is 9.82. The number of rotatable bonds is 6. The summed E-state index contributed by atoms with van der Waals surface area (Å²) in [5, 5.41) is 13.4. The molecule has 0 spiro atoms. The SMILES string of the molecule is CN(C)C1CCN(CCNC(=O)CC2(O)CCCCC2)CC1. The molecule has 1 amide bonds. The number of carbonyl (C=O) groups excluding carboxylic acids is 1. The van der Waals surface area contributed by atoms with Crippen LogP contribution in [0.5, 0.6) is 0 Å². The van der Waals surface area contributed by atoms with Crippen molar-refractivity contribution in [3.05, 3.63) is 0 Å². The smallest absolute Gasteiger partial charge is 0.222 e. The molecule has 0 aromatic heterocycles. The molecule has 0 aromatic carbocycles. The van der Waals surface area contributed by atoms with E-state index in [-0.39, 0.29) is 12.3 Å². The molecule has 0 aromatic rings. The minimum Gasteiger partial charge on any atom is -0.389 e. The van der Waals surface area contributed by atoms with Crippen molar-refractivity contribution in [2.24, 2.45) is 0 Å². The van der Waals surface area contributed by atoms with Crippen molar-refractivity contribution in [1.29, 1.82) is 0 Å². The van der Waals surface area contributed by atoms with E-state index in [0.29, 0.717) is 12.6 Å². The second-order valence-corrected chi connectivity index (χ2v) is 7.35. The zero-order chi connectivity index (χ0) is 16.0.